The summed E-state index contributed by atoms with van der Waals surface area (Å²) in [7, 11) is 1.71. The van der Waals surface area contributed by atoms with Crippen molar-refractivity contribution in [2.24, 2.45) is 17.6 Å². The Morgan fingerprint density at radius 3 is 2.73 bits per heavy atom. The Morgan fingerprint density at radius 1 is 1.27 bits per heavy atom. The third kappa shape index (κ3) is 4.44. The molecule has 0 bridgehead atoms. The number of urea groups is 1. The van der Waals surface area contributed by atoms with Gasteiger partial charge in [0.05, 0.1) is 24.9 Å². The first-order chi connectivity index (χ1) is 14.4. The van der Waals surface area contributed by atoms with Crippen molar-refractivity contribution in [1.29, 1.82) is 0 Å². The molecule has 2 fully saturated rings. The lowest BCUT2D eigenvalue weighted by Gasteiger charge is -2.37. The van der Waals surface area contributed by atoms with Crippen molar-refractivity contribution in [2.45, 2.75) is 38.1 Å². The Balaban J connectivity index is 1.41. The van der Waals surface area contributed by atoms with Crippen molar-refractivity contribution in [3.8, 4) is 0 Å². The van der Waals surface area contributed by atoms with Crippen LogP contribution in [0, 0.1) is 23.5 Å². The number of nitrogens with two attached hydrogens (primary N) is 1. The summed E-state index contributed by atoms with van der Waals surface area (Å²) in [5.74, 6) is -0.687. The number of nitrogens with zero attached hydrogens (tertiary/aromatic N) is 4. The number of hydrogen-bond donors (Lipinski definition) is 2. The number of hydrogen-bond acceptors (Lipinski definition) is 5. The van der Waals surface area contributed by atoms with Gasteiger partial charge in [0.1, 0.15) is 5.69 Å². The van der Waals surface area contributed by atoms with Gasteiger partial charge in [0.25, 0.3) is 0 Å². The average Bonchev–Trinajstić information content (AvgIpc) is 3.34. The Bertz CT molecular complexity index is 907. The van der Waals surface area contributed by atoms with E-state index < -0.39 is 17.7 Å². The van der Waals surface area contributed by atoms with Crippen molar-refractivity contribution in [3.05, 3.63) is 47.3 Å². The molecule has 2 aromatic rings. The van der Waals surface area contributed by atoms with Gasteiger partial charge in [-0.2, -0.15) is 0 Å². The molecule has 0 spiro atoms. The van der Waals surface area contributed by atoms with Gasteiger partial charge in [-0.25, -0.2) is 18.3 Å². The molecular weight excluding hydrogens is 394 g/mol. The number of nitrogens with one attached hydrogen (secondary N) is 1. The van der Waals surface area contributed by atoms with Crippen LogP contribution in [0.5, 0.6) is 0 Å². The number of methoxy groups -OCH3 is 1. The number of primary amides is 1. The van der Waals surface area contributed by atoms with Crippen LogP contribution < -0.4 is 11.1 Å². The maximum absolute atomic E-state index is 13.5. The average molecular weight is 420 g/mol. The number of rotatable bonds is 6. The Labute approximate surface area is 173 Å². The Hall–Kier alpha value is -2.59. The number of aromatic nitrogens is 3. The van der Waals surface area contributed by atoms with Crippen molar-refractivity contribution in [2.75, 3.05) is 20.2 Å². The van der Waals surface area contributed by atoms with Crippen molar-refractivity contribution in [3.63, 3.8) is 0 Å². The predicted octanol–water partition coefficient (Wildman–Crippen LogP) is 1.82. The lowest BCUT2D eigenvalue weighted by atomic mass is 9.77. The first-order valence-corrected chi connectivity index (χ1v) is 10.1. The maximum Gasteiger partial charge on any atom is 0.312 e. The molecule has 1 saturated heterocycles. The fraction of sp³-hybridized carbons (Fsp3) is 0.550. The van der Waals surface area contributed by atoms with Crippen LogP contribution in [0.4, 0.5) is 13.6 Å². The topological polar surface area (TPSA) is 98.3 Å². The first-order valence-electron chi connectivity index (χ1n) is 10.1. The molecule has 2 heterocycles. The molecule has 1 aliphatic carbocycles. The minimum Gasteiger partial charge on any atom is -0.379 e. The first kappa shape index (κ1) is 20.7. The van der Waals surface area contributed by atoms with Crippen molar-refractivity contribution >= 4 is 6.03 Å². The van der Waals surface area contributed by atoms with Gasteiger partial charge in [-0.1, -0.05) is 11.3 Å². The summed E-state index contributed by atoms with van der Waals surface area (Å²) in [4.78, 5) is 13.2. The van der Waals surface area contributed by atoms with Crippen molar-refractivity contribution < 1.29 is 18.3 Å². The summed E-state index contributed by atoms with van der Waals surface area (Å²) >= 11 is 0. The maximum atomic E-state index is 13.5. The van der Waals surface area contributed by atoms with Gasteiger partial charge in [-0.15, -0.1) is 5.10 Å². The normalized spacial score (nSPS) is 26.5. The highest BCUT2D eigenvalue weighted by Gasteiger charge is 2.43. The zero-order valence-electron chi connectivity index (χ0n) is 16.8. The molecule has 8 nitrogen and oxygen atoms in total. The summed E-state index contributed by atoms with van der Waals surface area (Å²) in [6.45, 7) is 2.62. The molecule has 4 rings (SSSR count). The molecule has 30 heavy (non-hydrogen) atoms. The molecule has 0 unspecified atom stereocenters. The number of carbonyl (C=O) groups excluding carboxylic acids is 1. The van der Waals surface area contributed by atoms with E-state index in [1.54, 1.807) is 13.2 Å². The fourth-order valence-corrected chi connectivity index (χ4v) is 4.78. The van der Waals surface area contributed by atoms with Crippen LogP contribution in [-0.4, -0.2) is 52.2 Å². The summed E-state index contributed by atoms with van der Waals surface area (Å²) in [5, 5.41) is 10.9. The van der Waals surface area contributed by atoms with Crippen LogP contribution in [0.15, 0.2) is 24.4 Å². The molecule has 0 radical (unpaired) electrons. The number of carbonyl (C=O) groups is 1. The van der Waals surface area contributed by atoms with Gasteiger partial charge < -0.3 is 15.8 Å². The van der Waals surface area contributed by atoms with Gasteiger partial charge in [-0.3, -0.25) is 4.90 Å². The van der Waals surface area contributed by atoms with E-state index in [9.17, 15) is 13.6 Å². The van der Waals surface area contributed by atoms with Gasteiger partial charge in [0.15, 0.2) is 11.6 Å². The van der Waals surface area contributed by atoms with E-state index in [1.165, 1.54) is 12.1 Å². The third-order valence-corrected chi connectivity index (χ3v) is 6.19. The zero-order chi connectivity index (χ0) is 21.3. The smallest absolute Gasteiger partial charge is 0.312 e. The van der Waals surface area contributed by atoms with E-state index in [0.717, 1.165) is 31.5 Å². The van der Waals surface area contributed by atoms with Crippen LogP contribution in [0.2, 0.25) is 0 Å². The highest BCUT2D eigenvalue weighted by Crippen LogP contribution is 2.42. The lowest BCUT2D eigenvalue weighted by Crippen LogP contribution is -2.37. The molecule has 3 N–H and O–H groups in total. The Kier molecular flexibility index (Phi) is 5.96. The number of fused-ring (bicyclic) bond motifs is 1. The number of likely N-dealkylation sites (tertiary alicyclic amines) is 1. The van der Waals surface area contributed by atoms with Crippen LogP contribution in [0.3, 0.4) is 0 Å². The van der Waals surface area contributed by atoms with Crippen LogP contribution in [0.1, 0.15) is 30.1 Å². The number of amides is 2. The molecule has 162 valence electrons. The van der Waals surface area contributed by atoms with Crippen LogP contribution >= 0.6 is 0 Å². The zero-order valence-corrected chi connectivity index (χ0v) is 16.8. The van der Waals surface area contributed by atoms with Gasteiger partial charge in [-0.05, 0) is 42.4 Å². The highest BCUT2D eigenvalue weighted by molar-refractivity contribution is 5.71. The van der Waals surface area contributed by atoms with E-state index in [-0.39, 0.29) is 18.7 Å². The molecule has 1 aromatic heterocycles. The lowest BCUT2D eigenvalue weighted by molar-refractivity contribution is -0.00546. The van der Waals surface area contributed by atoms with E-state index >= 15 is 0 Å². The minimum absolute atomic E-state index is 0.00751. The van der Waals surface area contributed by atoms with E-state index in [2.05, 4.69) is 20.5 Å². The quantitative estimate of drug-likeness (QED) is 0.743. The van der Waals surface area contributed by atoms with Gasteiger partial charge in [0.2, 0.25) is 0 Å². The molecule has 1 aromatic carbocycles. The SMILES string of the molecule is CO[C@@H]1C[C@H]2CN(Cc3ccc(F)c(F)c3)C[C@H]2C[C@H]1n1cc(CNC(N)=O)nn1. The summed E-state index contributed by atoms with van der Waals surface area (Å²) in [6.07, 6.45) is 3.62. The molecule has 2 aliphatic rings. The molecule has 4 atom stereocenters. The van der Waals surface area contributed by atoms with Crippen molar-refractivity contribution in [1.82, 2.24) is 25.2 Å². The molecule has 2 amide bonds. The van der Waals surface area contributed by atoms with Gasteiger partial charge in [0, 0.05) is 26.7 Å². The molecule has 10 heteroatoms. The van der Waals surface area contributed by atoms with Gasteiger partial charge >= 0.3 is 6.03 Å². The predicted molar refractivity (Wildman–Crippen MR) is 104 cm³/mol. The fourth-order valence-electron chi connectivity index (χ4n) is 4.78. The Morgan fingerprint density at radius 2 is 2.03 bits per heavy atom. The molecule has 1 saturated carbocycles. The summed E-state index contributed by atoms with van der Waals surface area (Å²) in [5.41, 5.74) is 6.52. The van der Waals surface area contributed by atoms with Crippen LogP contribution in [0.25, 0.3) is 0 Å². The highest BCUT2D eigenvalue weighted by atomic mass is 19.2. The second-order valence-electron chi connectivity index (χ2n) is 8.18. The number of benzene rings is 1. The summed E-state index contributed by atoms with van der Waals surface area (Å²) in [6, 6.07) is 3.54. The van der Waals surface area contributed by atoms with E-state index in [0.29, 0.717) is 24.1 Å². The monoisotopic (exact) mass is 420 g/mol. The summed E-state index contributed by atoms with van der Waals surface area (Å²) < 4.78 is 34.3. The third-order valence-electron chi connectivity index (χ3n) is 6.19. The standard InChI is InChI=1S/C20H26F2N6O2/c1-30-19-6-14-10-27(8-12-2-3-16(21)17(22)4-12)9-13(14)5-18(19)28-11-15(25-26-28)7-24-20(23)29/h2-4,11,13-14,18-19H,5-10H2,1H3,(H3,23,24,29)/t13-,14+,18-,19-/m1/s1. The molecular formula is C20H26F2N6O2. The van der Waals surface area contributed by atoms with Crippen LogP contribution in [-0.2, 0) is 17.8 Å². The number of ether oxygens (including phenoxy) is 1. The molecule has 1 aliphatic heterocycles. The second-order valence-corrected chi connectivity index (χ2v) is 8.18. The van der Waals surface area contributed by atoms with E-state index in [1.807, 2.05) is 10.9 Å². The van der Waals surface area contributed by atoms with E-state index in [4.69, 9.17) is 10.5 Å². The second kappa shape index (κ2) is 8.65. The number of halogens is 2. The largest absolute Gasteiger partial charge is 0.379 e. The minimum atomic E-state index is -0.821.